The van der Waals surface area contributed by atoms with Gasteiger partial charge in [0.2, 0.25) is 0 Å². The van der Waals surface area contributed by atoms with E-state index in [-0.39, 0.29) is 0 Å². The van der Waals surface area contributed by atoms with Crippen LogP contribution in [0, 0.1) is 13.8 Å². The maximum Gasteiger partial charge on any atom is 0.313 e. The summed E-state index contributed by atoms with van der Waals surface area (Å²) < 4.78 is 5.31. The number of aryl methyl sites for hydroxylation is 1. The van der Waals surface area contributed by atoms with Crippen molar-refractivity contribution >= 4 is 17.5 Å². The fourth-order valence-electron chi connectivity index (χ4n) is 2.60. The van der Waals surface area contributed by atoms with Crippen LogP contribution in [-0.4, -0.2) is 51.2 Å². The number of ether oxygens (including phenoxy) is 1. The molecule has 126 valence electrons. The summed E-state index contributed by atoms with van der Waals surface area (Å²) in [6.07, 6.45) is 0.859. The largest absolute Gasteiger partial charge is 0.370 e. The van der Waals surface area contributed by atoms with Crippen molar-refractivity contribution in [3.63, 3.8) is 0 Å². The highest BCUT2D eigenvalue weighted by molar-refractivity contribution is 6.39. The molecule has 0 radical (unpaired) electrons. The normalized spacial score (nSPS) is 15.2. The summed E-state index contributed by atoms with van der Waals surface area (Å²) in [5.41, 5.74) is 2.74. The number of carbonyl (C=O) groups excluding carboxylic acids is 2. The van der Waals surface area contributed by atoms with Gasteiger partial charge in [-0.25, -0.2) is 0 Å². The van der Waals surface area contributed by atoms with Gasteiger partial charge in [0.05, 0.1) is 19.8 Å². The van der Waals surface area contributed by atoms with E-state index in [4.69, 9.17) is 4.74 Å². The fourth-order valence-corrected chi connectivity index (χ4v) is 2.60. The predicted octanol–water partition coefficient (Wildman–Crippen LogP) is -0.337. The Hall–Kier alpha value is -1.92. The molecule has 23 heavy (non-hydrogen) atoms. The van der Waals surface area contributed by atoms with Gasteiger partial charge < -0.3 is 20.3 Å². The molecule has 0 atom stereocenters. The van der Waals surface area contributed by atoms with Gasteiger partial charge in [0.25, 0.3) is 0 Å². The average molecular weight is 320 g/mol. The third-order valence-corrected chi connectivity index (χ3v) is 4.25. The molecule has 0 aromatic heterocycles. The first-order chi connectivity index (χ1) is 11.1. The molecule has 0 saturated carbocycles. The zero-order valence-corrected chi connectivity index (χ0v) is 13.9. The molecule has 2 amide bonds. The highest BCUT2D eigenvalue weighted by Crippen LogP contribution is 2.17. The fraction of sp³-hybridized carbons (Fsp3) is 0.529. The molecule has 1 aromatic rings. The van der Waals surface area contributed by atoms with Gasteiger partial charge in [0, 0.05) is 18.7 Å². The molecule has 2 rings (SSSR count). The van der Waals surface area contributed by atoms with Gasteiger partial charge in [0.1, 0.15) is 13.1 Å². The molecule has 6 nitrogen and oxygen atoms in total. The summed E-state index contributed by atoms with van der Waals surface area (Å²) >= 11 is 0. The van der Waals surface area contributed by atoms with Gasteiger partial charge in [-0.1, -0.05) is 12.1 Å². The lowest BCUT2D eigenvalue weighted by Gasteiger charge is -2.23. The van der Waals surface area contributed by atoms with Crippen LogP contribution in [0.2, 0.25) is 0 Å². The molecule has 1 aliphatic heterocycles. The molecule has 0 aliphatic carbocycles. The molecule has 1 aromatic carbocycles. The number of hydrogen-bond donors (Lipinski definition) is 3. The van der Waals surface area contributed by atoms with Gasteiger partial charge in [-0.3, -0.25) is 9.59 Å². The van der Waals surface area contributed by atoms with Crippen LogP contribution >= 0.6 is 0 Å². The molecular formula is C17H26N3O3+. The molecule has 1 aliphatic rings. The summed E-state index contributed by atoms with van der Waals surface area (Å²) in [4.78, 5) is 25.3. The van der Waals surface area contributed by atoms with Crippen LogP contribution in [0.1, 0.15) is 17.5 Å². The first-order valence-corrected chi connectivity index (χ1v) is 8.14. The lowest BCUT2D eigenvalue weighted by Crippen LogP contribution is -3.14. The van der Waals surface area contributed by atoms with Gasteiger partial charge in [-0.2, -0.15) is 0 Å². The SMILES string of the molecule is Cc1cccc(NC(=O)C(=O)NCCC[NH+]2CCOCC2)c1C. The Bertz CT molecular complexity index is 554. The van der Waals surface area contributed by atoms with Gasteiger partial charge >= 0.3 is 11.8 Å². The number of benzene rings is 1. The minimum absolute atomic E-state index is 0.517. The summed E-state index contributed by atoms with van der Waals surface area (Å²) in [5.74, 6) is -1.19. The van der Waals surface area contributed by atoms with Crippen molar-refractivity contribution in [1.82, 2.24) is 5.32 Å². The second-order valence-corrected chi connectivity index (χ2v) is 5.92. The number of amides is 2. The van der Waals surface area contributed by atoms with E-state index in [0.717, 1.165) is 50.4 Å². The van der Waals surface area contributed by atoms with Crippen LogP contribution < -0.4 is 15.5 Å². The minimum Gasteiger partial charge on any atom is -0.370 e. The molecule has 1 heterocycles. The number of quaternary nitrogens is 1. The lowest BCUT2D eigenvalue weighted by atomic mass is 10.1. The van der Waals surface area contributed by atoms with Crippen LogP contribution in [0.15, 0.2) is 18.2 Å². The molecule has 0 bridgehead atoms. The number of nitrogens with one attached hydrogen (secondary N) is 3. The molecule has 3 N–H and O–H groups in total. The van der Waals surface area contributed by atoms with E-state index in [1.54, 1.807) is 6.07 Å². The van der Waals surface area contributed by atoms with E-state index in [9.17, 15) is 9.59 Å². The second kappa shape index (κ2) is 8.64. The summed E-state index contributed by atoms with van der Waals surface area (Å²) in [6.45, 7) is 9.04. The van der Waals surface area contributed by atoms with E-state index in [2.05, 4.69) is 10.6 Å². The van der Waals surface area contributed by atoms with Gasteiger partial charge in [-0.05, 0) is 31.0 Å². The summed E-state index contributed by atoms with van der Waals surface area (Å²) in [6, 6.07) is 5.63. The topological polar surface area (TPSA) is 71.9 Å². The third-order valence-electron chi connectivity index (χ3n) is 4.25. The number of rotatable bonds is 5. The molecule has 1 saturated heterocycles. The first-order valence-electron chi connectivity index (χ1n) is 8.14. The van der Waals surface area contributed by atoms with E-state index < -0.39 is 11.8 Å². The second-order valence-electron chi connectivity index (χ2n) is 5.92. The van der Waals surface area contributed by atoms with Crippen LogP contribution in [0.3, 0.4) is 0 Å². The Morgan fingerprint density at radius 1 is 1.17 bits per heavy atom. The maximum atomic E-state index is 11.9. The minimum atomic E-state index is -0.614. The maximum absolute atomic E-state index is 11.9. The number of hydrogen-bond acceptors (Lipinski definition) is 3. The Morgan fingerprint density at radius 2 is 1.91 bits per heavy atom. The number of morpholine rings is 1. The Morgan fingerprint density at radius 3 is 2.65 bits per heavy atom. The third kappa shape index (κ3) is 5.33. The quantitative estimate of drug-likeness (QED) is 0.514. The first kappa shape index (κ1) is 17.4. The number of anilines is 1. The van der Waals surface area contributed by atoms with Crippen molar-refractivity contribution in [3.05, 3.63) is 29.3 Å². The molecule has 0 spiro atoms. The van der Waals surface area contributed by atoms with Crippen LogP contribution in [0.25, 0.3) is 0 Å². The Balaban J connectivity index is 1.70. The van der Waals surface area contributed by atoms with Crippen LogP contribution in [0.5, 0.6) is 0 Å². The Kier molecular flexibility index (Phi) is 6.55. The van der Waals surface area contributed by atoms with Crippen molar-refractivity contribution in [1.29, 1.82) is 0 Å². The van der Waals surface area contributed by atoms with E-state index in [0.29, 0.717) is 12.2 Å². The van der Waals surface area contributed by atoms with Crippen molar-refractivity contribution < 1.29 is 19.2 Å². The van der Waals surface area contributed by atoms with Crippen molar-refractivity contribution in [2.45, 2.75) is 20.3 Å². The highest BCUT2D eigenvalue weighted by atomic mass is 16.5. The Labute approximate surface area is 137 Å². The zero-order valence-electron chi connectivity index (χ0n) is 13.9. The summed E-state index contributed by atoms with van der Waals surface area (Å²) in [7, 11) is 0. The molecular weight excluding hydrogens is 294 g/mol. The molecule has 6 heteroatoms. The standard InChI is InChI=1S/C17H25N3O3/c1-13-5-3-6-15(14(13)2)19-17(22)16(21)18-7-4-8-20-9-11-23-12-10-20/h3,5-6H,4,7-12H2,1-2H3,(H,18,21)(H,19,22)/p+1. The summed E-state index contributed by atoms with van der Waals surface area (Å²) in [5, 5.41) is 5.35. The molecule has 1 fully saturated rings. The van der Waals surface area contributed by atoms with E-state index in [1.165, 1.54) is 4.90 Å². The van der Waals surface area contributed by atoms with Gasteiger partial charge in [-0.15, -0.1) is 0 Å². The highest BCUT2D eigenvalue weighted by Gasteiger charge is 2.16. The predicted molar refractivity (Wildman–Crippen MR) is 88.6 cm³/mol. The van der Waals surface area contributed by atoms with E-state index in [1.807, 2.05) is 26.0 Å². The van der Waals surface area contributed by atoms with Gasteiger partial charge in [0.15, 0.2) is 0 Å². The smallest absolute Gasteiger partial charge is 0.313 e. The van der Waals surface area contributed by atoms with E-state index >= 15 is 0 Å². The lowest BCUT2D eigenvalue weighted by molar-refractivity contribution is -0.908. The van der Waals surface area contributed by atoms with Crippen molar-refractivity contribution in [3.8, 4) is 0 Å². The van der Waals surface area contributed by atoms with Crippen LogP contribution in [-0.2, 0) is 14.3 Å². The number of carbonyl (C=O) groups is 2. The zero-order chi connectivity index (χ0) is 16.7. The van der Waals surface area contributed by atoms with Crippen molar-refractivity contribution in [2.24, 2.45) is 0 Å². The molecule has 0 unspecified atom stereocenters. The van der Waals surface area contributed by atoms with Crippen molar-refractivity contribution in [2.75, 3.05) is 44.7 Å². The monoisotopic (exact) mass is 320 g/mol. The van der Waals surface area contributed by atoms with Crippen LogP contribution in [0.4, 0.5) is 5.69 Å². The average Bonchev–Trinajstić information content (AvgIpc) is 2.56.